The number of hydrogen-bond acceptors (Lipinski definition) is 3. The van der Waals surface area contributed by atoms with Gasteiger partial charge in [0.15, 0.2) is 5.96 Å². The monoisotopic (exact) mass is 357 g/mol. The summed E-state index contributed by atoms with van der Waals surface area (Å²) in [4.78, 5) is 20.3. The number of anilines is 1. The van der Waals surface area contributed by atoms with E-state index in [1.807, 2.05) is 17.0 Å². The van der Waals surface area contributed by atoms with Crippen LogP contribution in [0.5, 0.6) is 0 Å². The first-order valence-corrected chi connectivity index (χ1v) is 9.58. The van der Waals surface area contributed by atoms with E-state index >= 15 is 0 Å². The van der Waals surface area contributed by atoms with Gasteiger partial charge >= 0.3 is 0 Å². The van der Waals surface area contributed by atoms with Crippen LogP contribution in [0, 0.1) is 5.92 Å². The van der Waals surface area contributed by atoms with Crippen LogP contribution in [-0.2, 0) is 11.3 Å². The van der Waals surface area contributed by atoms with E-state index < -0.39 is 0 Å². The highest BCUT2D eigenvalue weighted by molar-refractivity contribution is 5.95. The number of benzene rings is 1. The predicted molar refractivity (Wildman–Crippen MR) is 106 cm³/mol. The Kier molecular flexibility index (Phi) is 6.14. The molecule has 1 heterocycles. The van der Waals surface area contributed by atoms with Crippen molar-refractivity contribution in [2.45, 2.75) is 38.3 Å². The first-order chi connectivity index (χ1) is 12.6. The Hall–Kier alpha value is -2.08. The normalized spacial score (nSPS) is 19.2. The number of nitrogens with one attached hydrogen (secondary N) is 2. The maximum Gasteiger partial charge on any atom is 0.227 e. The molecule has 0 spiro atoms. The van der Waals surface area contributed by atoms with E-state index in [1.165, 1.54) is 18.4 Å². The first-order valence-electron chi connectivity index (χ1n) is 9.58. The molecule has 0 bridgehead atoms. The van der Waals surface area contributed by atoms with Crippen molar-refractivity contribution >= 4 is 17.6 Å². The third-order valence-corrected chi connectivity index (χ3v) is 5.31. The number of carbonyl (C=O) groups is 1. The number of likely N-dealkylation sites (N-methyl/N-ethyl adjacent to an activating group) is 1. The second kappa shape index (κ2) is 8.54. The third kappa shape index (κ3) is 4.75. The third-order valence-electron chi connectivity index (χ3n) is 5.31. The zero-order valence-corrected chi connectivity index (χ0v) is 16.2. The maximum atomic E-state index is 11.8. The van der Waals surface area contributed by atoms with Gasteiger partial charge in [-0.15, -0.1) is 0 Å². The van der Waals surface area contributed by atoms with Gasteiger partial charge < -0.3 is 20.4 Å². The molecular weight excluding hydrogens is 326 g/mol. The minimum absolute atomic E-state index is 0.228. The molecule has 1 saturated carbocycles. The molecule has 2 N–H and O–H groups in total. The molecule has 1 aromatic carbocycles. The molecule has 1 aliphatic heterocycles. The Bertz CT molecular complexity index is 634. The largest absolute Gasteiger partial charge is 0.355 e. The van der Waals surface area contributed by atoms with Crippen molar-refractivity contribution in [1.82, 2.24) is 15.5 Å². The van der Waals surface area contributed by atoms with Crippen molar-refractivity contribution in [3.63, 3.8) is 0 Å². The molecule has 2 aliphatic rings. The van der Waals surface area contributed by atoms with Crippen LogP contribution >= 0.6 is 0 Å². The average Bonchev–Trinajstić information content (AvgIpc) is 3.38. The molecule has 6 heteroatoms. The summed E-state index contributed by atoms with van der Waals surface area (Å²) in [5, 5.41) is 6.83. The molecule has 0 aromatic heterocycles. The SMILES string of the molecule is CN=C(NCc1ccc(N2CCCC2=O)cc1)NCC(C1CC1)N(C)C. The summed E-state index contributed by atoms with van der Waals surface area (Å²) in [6, 6.07) is 8.78. The molecule has 1 amide bonds. The number of carbonyl (C=O) groups excluding carboxylic acids is 1. The summed E-state index contributed by atoms with van der Waals surface area (Å²) in [6.07, 6.45) is 4.30. The average molecular weight is 358 g/mol. The van der Waals surface area contributed by atoms with Crippen LogP contribution in [-0.4, -0.2) is 57.0 Å². The second-order valence-corrected chi connectivity index (χ2v) is 7.49. The second-order valence-electron chi connectivity index (χ2n) is 7.49. The fourth-order valence-electron chi connectivity index (χ4n) is 3.57. The summed E-state index contributed by atoms with van der Waals surface area (Å²) in [7, 11) is 6.10. The molecule has 142 valence electrons. The molecule has 26 heavy (non-hydrogen) atoms. The van der Waals surface area contributed by atoms with Crippen LogP contribution in [0.2, 0.25) is 0 Å². The number of hydrogen-bond donors (Lipinski definition) is 2. The van der Waals surface area contributed by atoms with Crippen LogP contribution in [0.4, 0.5) is 5.69 Å². The molecule has 1 aliphatic carbocycles. The molecule has 1 unspecified atom stereocenters. The quantitative estimate of drug-likeness (QED) is 0.577. The standard InChI is InChI=1S/C20H31N5O/c1-21-20(23-14-18(24(2)3)16-8-9-16)22-13-15-6-10-17(11-7-15)25-12-4-5-19(25)26/h6-7,10-11,16,18H,4-5,8-9,12-14H2,1-3H3,(H2,21,22,23). The smallest absolute Gasteiger partial charge is 0.227 e. The maximum absolute atomic E-state index is 11.8. The van der Waals surface area contributed by atoms with Crippen molar-refractivity contribution in [1.29, 1.82) is 0 Å². The van der Waals surface area contributed by atoms with Gasteiger partial charge in [0.2, 0.25) is 5.91 Å². The summed E-state index contributed by atoms with van der Waals surface area (Å²) >= 11 is 0. The van der Waals surface area contributed by atoms with Gasteiger partial charge in [-0.05, 0) is 57.0 Å². The summed E-state index contributed by atoms with van der Waals surface area (Å²) < 4.78 is 0. The zero-order chi connectivity index (χ0) is 18.5. The van der Waals surface area contributed by atoms with Crippen LogP contribution in [0.15, 0.2) is 29.3 Å². The van der Waals surface area contributed by atoms with Crippen molar-refractivity contribution in [2.24, 2.45) is 10.9 Å². The van der Waals surface area contributed by atoms with Crippen LogP contribution in [0.25, 0.3) is 0 Å². The molecule has 3 rings (SSSR count). The van der Waals surface area contributed by atoms with Crippen LogP contribution < -0.4 is 15.5 Å². The van der Waals surface area contributed by atoms with Gasteiger partial charge in [0.25, 0.3) is 0 Å². The van der Waals surface area contributed by atoms with E-state index in [2.05, 4.69) is 46.8 Å². The fourth-order valence-corrected chi connectivity index (χ4v) is 3.57. The highest BCUT2D eigenvalue weighted by Gasteiger charge is 2.32. The van der Waals surface area contributed by atoms with Gasteiger partial charge in [0.1, 0.15) is 0 Å². The van der Waals surface area contributed by atoms with Crippen molar-refractivity contribution in [3.8, 4) is 0 Å². The molecule has 6 nitrogen and oxygen atoms in total. The molecule has 1 atom stereocenters. The molecule has 2 fully saturated rings. The Balaban J connectivity index is 1.48. The van der Waals surface area contributed by atoms with Crippen LogP contribution in [0.3, 0.4) is 0 Å². The summed E-state index contributed by atoms with van der Waals surface area (Å²) in [5.74, 6) is 1.87. The Morgan fingerprint density at radius 1 is 1.27 bits per heavy atom. The number of nitrogens with zero attached hydrogens (tertiary/aromatic N) is 3. The number of guanidine groups is 1. The number of amides is 1. The van der Waals surface area contributed by atoms with Gasteiger partial charge in [0, 0.05) is 44.8 Å². The summed E-state index contributed by atoms with van der Waals surface area (Å²) in [6.45, 7) is 2.46. The van der Waals surface area contributed by atoms with E-state index in [1.54, 1.807) is 7.05 Å². The van der Waals surface area contributed by atoms with Crippen molar-refractivity contribution in [2.75, 3.05) is 39.1 Å². The van der Waals surface area contributed by atoms with Gasteiger partial charge in [-0.1, -0.05) is 12.1 Å². The minimum Gasteiger partial charge on any atom is -0.355 e. The van der Waals surface area contributed by atoms with Crippen molar-refractivity contribution < 1.29 is 4.79 Å². The van der Waals surface area contributed by atoms with E-state index in [4.69, 9.17) is 0 Å². The zero-order valence-electron chi connectivity index (χ0n) is 16.2. The number of aliphatic imine (C=N–C) groups is 1. The Labute approximate surface area is 156 Å². The lowest BCUT2D eigenvalue weighted by molar-refractivity contribution is -0.117. The number of rotatable bonds is 7. The predicted octanol–water partition coefficient (Wildman–Crippen LogP) is 1.82. The highest BCUT2D eigenvalue weighted by atomic mass is 16.2. The molecule has 0 radical (unpaired) electrons. The topological polar surface area (TPSA) is 60.0 Å². The van der Waals surface area contributed by atoms with E-state index in [0.29, 0.717) is 19.0 Å². The lowest BCUT2D eigenvalue weighted by Crippen LogP contribution is -2.45. The lowest BCUT2D eigenvalue weighted by atomic mass is 10.1. The van der Waals surface area contributed by atoms with E-state index in [-0.39, 0.29) is 5.91 Å². The Morgan fingerprint density at radius 2 is 2.00 bits per heavy atom. The highest BCUT2D eigenvalue weighted by Crippen LogP contribution is 2.34. The fraction of sp³-hybridized carbons (Fsp3) is 0.600. The molecule has 1 aromatic rings. The van der Waals surface area contributed by atoms with Gasteiger partial charge in [-0.2, -0.15) is 0 Å². The van der Waals surface area contributed by atoms with E-state index in [9.17, 15) is 4.79 Å². The summed E-state index contributed by atoms with van der Waals surface area (Å²) in [5.41, 5.74) is 2.17. The van der Waals surface area contributed by atoms with Gasteiger partial charge in [-0.25, -0.2) is 0 Å². The first kappa shape index (κ1) is 18.7. The molecule has 1 saturated heterocycles. The van der Waals surface area contributed by atoms with Crippen molar-refractivity contribution in [3.05, 3.63) is 29.8 Å². The van der Waals surface area contributed by atoms with Crippen LogP contribution in [0.1, 0.15) is 31.2 Å². The minimum atomic E-state index is 0.228. The lowest BCUT2D eigenvalue weighted by Gasteiger charge is -2.25. The Morgan fingerprint density at radius 3 is 2.54 bits per heavy atom. The van der Waals surface area contributed by atoms with Gasteiger partial charge in [-0.3, -0.25) is 9.79 Å². The van der Waals surface area contributed by atoms with Gasteiger partial charge in [0.05, 0.1) is 0 Å². The molecular formula is C20H31N5O. The van der Waals surface area contributed by atoms with E-state index in [0.717, 1.165) is 37.1 Å².